The van der Waals surface area contributed by atoms with Gasteiger partial charge in [0.1, 0.15) is 5.82 Å². The van der Waals surface area contributed by atoms with Gasteiger partial charge in [-0.1, -0.05) is 37.3 Å². The lowest BCUT2D eigenvalue weighted by molar-refractivity contribution is 0.807. The highest BCUT2D eigenvalue weighted by Gasteiger charge is 2.03. The minimum atomic E-state index is 0.925. The number of aromatic nitrogens is 2. The molecule has 0 saturated heterocycles. The zero-order chi connectivity index (χ0) is 10.7. The van der Waals surface area contributed by atoms with Crippen LogP contribution in [-0.4, -0.2) is 9.55 Å². The maximum atomic E-state index is 4.59. The number of aryl methyl sites for hydroxylation is 2. The van der Waals surface area contributed by atoms with Crippen LogP contribution < -0.4 is 0 Å². The molecule has 2 heteroatoms. The van der Waals surface area contributed by atoms with Crippen molar-refractivity contribution in [1.29, 1.82) is 0 Å². The van der Waals surface area contributed by atoms with E-state index in [1.165, 1.54) is 5.56 Å². The Morgan fingerprint density at radius 1 is 1.20 bits per heavy atom. The molecule has 0 atom stereocenters. The van der Waals surface area contributed by atoms with E-state index in [1.54, 1.807) is 0 Å². The van der Waals surface area contributed by atoms with E-state index in [-0.39, 0.29) is 0 Å². The van der Waals surface area contributed by atoms with Crippen LogP contribution in [0.3, 0.4) is 0 Å². The van der Waals surface area contributed by atoms with E-state index in [4.69, 9.17) is 0 Å². The normalized spacial score (nSPS) is 10.5. The highest BCUT2D eigenvalue weighted by Crippen LogP contribution is 2.09. The second-order valence-electron chi connectivity index (χ2n) is 3.78. The summed E-state index contributed by atoms with van der Waals surface area (Å²) in [6.07, 6.45) is 4.03. The van der Waals surface area contributed by atoms with Crippen molar-refractivity contribution in [2.75, 3.05) is 0 Å². The molecule has 2 rings (SSSR count). The van der Waals surface area contributed by atoms with Gasteiger partial charge in [0.25, 0.3) is 0 Å². The molecule has 0 aliphatic carbocycles. The zero-order valence-corrected chi connectivity index (χ0v) is 9.27. The Morgan fingerprint density at radius 3 is 2.53 bits per heavy atom. The van der Waals surface area contributed by atoms with Gasteiger partial charge < -0.3 is 4.57 Å². The molecule has 0 aliphatic heterocycles. The fourth-order valence-corrected chi connectivity index (χ4v) is 1.79. The molecule has 0 spiro atoms. The van der Waals surface area contributed by atoms with E-state index >= 15 is 0 Å². The van der Waals surface area contributed by atoms with Crippen LogP contribution in [0.4, 0.5) is 0 Å². The summed E-state index contributed by atoms with van der Waals surface area (Å²) in [5.74, 6) is 1.15. The quantitative estimate of drug-likeness (QED) is 0.744. The van der Waals surface area contributed by atoms with Crippen LogP contribution >= 0.6 is 0 Å². The van der Waals surface area contributed by atoms with Crippen molar-refractivity contribution in [2.24, 2.45) is 7.05 Å². The molecule has 0 amide bonds. The molecule has 1 heterocycles. The second-order valence-corrected chi connectivity index (χ2v) is 3.78. The smallest absolute Gasteiger partial charge is 0.108 e. The Morgan fingerprint density at radius 2 is 1.93 bits per heavy atom. The standard InChI is InChI=1S/C13H16N2/c1-3-13-14-12(10-15(13)2)9-11-7-5-4-6-8-11/h4-8,10H,3,9H2,1-2H3. The Balaban J connectivity index is 2.18. The van der Waals surface area contributed by atoms with Crippen molar-refractivity contribution in [3.05, 3.63) is 53.6 Å². The molecular weight excluding hydrogens is 184 g/mol. The first kappa shape index (κ1) is 9.97. The molecule has 0 saturated carbocycles. The van der Waals surface area contributed by atoms with Gasteiger partial charge in [0, 0.05) is 26.1 Å². The van der Waals surface area contributed by atoms with Gasteiger partial charge in [-0.15, -0.1) is 0 Å². The summed E-state index contributed by atoms with van der Waals surface area (Å²) in [7, 11) is 2.06. The lowest BCUT2D eigenvalue weighted by Crippen LogP contribution is -1.93. The van der Waals surface area contributed by atoms with Crippen LogP contribution in [0.2, 0.25) is 0 Å². The maximum Gasteiger partial charge on any atom is 0.108 e. The summed E-state index contributed by atoms with van der Waals surface area (Å²) < 4.78 is 2.11. The van der Waals surface area contributed by atoms with Gasteiger partial charge in [-0.3, -0.25) is 0 Å². The van der Waals surface area contributed by atoms with Crippen LogP contribution in [0.1, 0.15) is 24.0 Å². The molecule has 2 nitrogen and oxygen atoms in total. The average molecular weight is 200 g/mol. The van der Waals surface area contributed by atoms with Crippen LogP contribution in [-0.2, 0) is 19.9 Å². The van der Waals surface area contributed by atoms with Crippen molar-refractivity contribution in [3.8, 4) is 0 Å². The second kappa shape index (κ2) is 4.30. The summed E-state index contributed by atoms with van der Waals surface area (Å²) in [6.45, 7) is 2.13. The summed E-state index contributed by atoms with van der Waals surface area (Å²) >= 11 is 0. The van der Waals surface area contributed by atoms with Gasteiger partial charge in [-0.05, 0) is 5.56 Å². The molecule has 15 heavy (non-hydrogen) atoms. The SMILES string of the molecule is CCc1nc(Cc2ccccc2)cn1C. The van der Waals surface area contributed by atoms with Crippen molar-refractivity contribution < 1.29 is 0 Å². The van der Waals surface area contributed by atoms with Gasteiger partial charge in [-0.25, -0.2) is 4.98 Å². The lowest BCUT2D eigenvalue weighted by Gasteiger charge is -1.95. The van der Waals surface area contributed by atoms with E-state index in [0.29, 0.717) is 0 Å². The van der Waals surface area contributed by atoms with Gasteiger partial charge in [-0.2, -0.15) is 0 Å². The average Bonchev–Trinajstić information content (AvgIpc) is 2.60. The third-order valence-corrected chi connectivity index (χ3v) is 2.57. The molecular formula is C13H16N2. The van der Waals surface area contributed by atoms with Crippen molar-refractivity contribution >= 4 is 0 Å². The molecule has 0 N–H and O–H groups in total. The predicted octanol–water partition coefficient (Wildman–Crippen LogP) is 2.57. The molecule has 1 aromatic heterocycles. The third kappa shape index (κ3) is 2.27. The first-order chi connectivity index (χ1) is 7.29. The summed E-state index contributed by atoms with van der Waals surface area (Å²) in [5, 5.41) is 0. The maximum absolute atomic E-state index is 4.59. The molecule has 2 aromatic rings. The van der Waals surface area contributed by atoms with Crippen LogP contribution in [0, 0.1) is 0 Å². The Labute approximate surface area is 90.6 Å². The Kier molecular flexibility index (Phi) is 2.86. The van der Waals surface area contributed by atoms with Gasteiger partial charge in [0.2, 0.25) is 0 Å². The predicted molar refractivity (Wildman–Crippen MR) is 61.8 cm³/mol. The van der Waals surface area contributed by atoms with E-state index in [2.05, 4.69) is 54.0 Å². The Hall–Kier alpha value is -1.57. The molecule has 1 aromatic carbocycles. The number of hydrogen-bond donors (Lipinski definition) is 0. The lowest BCUT2D eigenvalue weighted by atomic mass is 10.1. The zero-order valence-electron chi connectivity index (χ0n) is 9.27. The van der Waals surface area contributed by atoms with Gasteiger partial charge in [0.15, 0.2) is 0 Å². The monoisotopic (exact) mass is 200 g/mol. The first-order valence-corrected chi connectivity index (χ1v) is 5.34. The minimum Gasteiger partial charge on any atom is -0.338 e. The topological polar surface area (TPSA) is 17.8 Å². The molecule has 0 radical (unpaired) electrons. The van der Waals surface area contributed by atoms with Crippen LogP contribution in [0.25, 0.3) is 0 Å². The molecule has 0 unspecified atom stereocenters. The van der Waals surface area contributed by atoms with E-state index in [9.17, 15) is 0 Å². The van der Waals surface area contributed by atoms with Crippen molar-refractivity contribution in [2.45, 2.75) is 19.8 Å². The van der Waals surface area contributed by atoms with E-state index in [0.717, 1.165) is 24.4 Å². The Bertz CT molecular complexity index is 429. The number of hydrogen-bond acceptors (Lipinski definition) is 1. The van der Waals surface area contributed by atoms with E-state index in [1.807, 2.05) is 6.07 Å². The molecule has 0 bridgehead atoms. The number of rotatable bonds is 3. The van der Waals surface area contributed by atoms with Crippen LogP contribution in [0.5, 0.6) is 0 Å². The molecule has 78 valence electrons. The summed E-state index contributed by atoms with van der Waals surface area (Å²) in [5.41, 5.74) is 2.47. The minimum absolute atomic E-state index is 0.925. The summed E-state index contributed by atoms with van der Waals surface area (Å²) in [4.78, 5) is 4.59. The van der Waals surface area contributed by atoms with E-state index < -0.39 is 0 Å². The highest BCUT2D eigenvalue weighted by molar-refractivity contribution is 5.21. The largest absolute Gasteiger partial charge is 0.338 e. The summed E-state index contributed by atoms with van der Waals surface area (Å²) in [6, 6.07) is 10.5. The highest BCUT2D eigenvalue weighted by atomic mass is 15.0. The number of nitrogens with zero attached hydrogens (tertiary/aromatic N) is 2. The van der Waals surface area contributed by atoms with Gasteiger partial charge >= 0.3 is 0 Å². The number of benzene rings is 1. The first-order valence-electron chi connectivity index (χ1n) is 5.34. The van der Waals surface area contributed by atoms with Crippen LogP contribution in [0.15, 0.2) is 36.5 Å². The van der Waals surface area contributed by atoms with Crippen molar-refractivity contribution in [3.63, 3.8) is 0 Å². The fourth-order valence-electron chi connectivity index (χ4n) is 1.79. The number of imidazole rings is 1. The fraction of sp³-hybridized carbons (Fsp3) is 0.308. The van der Waals surface area contributed by atoms with Crippen molar-refractivity contribution in [1.82, 2.24) is 9.55 Å². The van der Waals surface area contributed by atoms with Gasteiger partial charge in [0.05, 0.1) is 5.69 Å². The molecule has 0 fully saturated rings. The third-order valence-electron chi connectivity index (χ3n) is 2.57. The molecule has 0 aliphatic rings.